The Morgan fingerprint density at radius 2 is 2.35 bits per heavy atom. The number of aryl methyl sites for hydroxylation is 1. The molecule has 5 nitrogen and oxygen atoms in total. The molecule has 1 aliphatic rings. The van der Waals surface area contributed by atoms with Crippen molar-refractivity contribution in [3.63, 3.8) is 0 Å². The molecule has 1 atom stereocenters. The number of halogens is 1. The van der Waals surface area contributed by atoms with Crippen molar-refractivity contribution < 1.29 is 0 Å². The fourth-order valence-corrected chi connectivity index (χ4v) is 3.93. The number of hydrogen-bond acceptors (Lipinski definition) is 5. The highest BCUT2D eigenvalue weighted by atomic mass is 79.9. The summed E-state index contributed by atoms with van der Waals surface area (Å²) in [6, 6.07) is 0. The van der Waals surface area contributed by atoms with Crippen molar-refractivity contribution in [2.75, 3.05) is 18.0 Å². The third-order valence-electron chi connectivity index (χ3n) is 3.62. The number of thiazole rings is 1. The van der Waals surface area contributed by atoms with E-state index in [4.69, 9.17) is 0 Å². The third kappa shape index (κ3) is 2.52. The van der Waals surface area contributed by atoms with Crippen LogP contribution in [0.5, 0.6) is 0 Å². The average Bonchev–Trinajstić information content (AvgIpc) is 2.99. The van der Waals surface area contributed by atoms with Crippen LogP contribution >= 0.6 is 27.3 Å². The second-order valence-corrected chi connectivity index (χ2v) is 6.65. The summed E-state index contributed by atoms with van der Waals surface area (Å²) in [6.07, 6.45) is 5.87. The molecule has 0 aliphatic carbocycles. The van der Waals surface area contributed by atoms with E-state index >= 15 is 0 Å². The average molecular weight is 355 g/mol. The number of aromatic nitrogens is 3. The topological polar surface area (TPSA) is 51.0 Å². The summed E-state index contributed by atoms with van der Waals surface area (Å²) in [5.74, 6) is 0.444. The first kappa shape index (κ1) is 13.8. The van der Waals surface area contributed by atoms with Gasteiger partial charge in [0.25, 0.3) is 5.56 Å². The predicted octanol–water partition coefficient (Wildman–Crippen LogP) is 2.38. The molecular weight excluding hydrogens is 340 g/mol. The van der Waals surface area contributed by atoms with Crippen LogP contribution in [0.2, 0.25) is 0 Å². The maximum absolute atomic E-state index is 12.0. The van der Waals surface area contributed by atoms with Crippen molar-refractivity contribution in [3.05, 3.63) is 37.6 Å². The molecule has 7 heteroatoms. The second-order valence-electron chi connectivity index (χ2n) is 4.93. The fraction of sp³-hybridized carbons (Fsp3) is 0.462. The first-order chi connectivity index (χ1) is 9.66. The van der Waals surface area contributed by atoms with Gasteiger partial charge in [-0.25, -0.2) is 9.67 Å². The van der Waals surface area contributed by atoms with Gasteiger partial charge in [0.05, 0.1) is 16.9 Å². The van der Waals surface area contributed by atoms with Gasteiger partial charge in [-0.2, -0.15) is 5.10 Å². The van der Waals surface area contributed by atoms with Crippen molar-refractivity contribution in [1.29, 1.82) is 0 Å². The number of hydrogen-bond donors (Lipinski definition) is 0. The van der Waals surface area contributed by atoms with Crippen molar-refractivity contribution in [2.45, 2.75) is 18.8 Å². The van der Waals surface area contributed by atoms with Gasteiger partial charge in [-0.1, -0.05) is 0 Å². The standard InChI is InChI=1S/C13H15BrN4OS/c1-17-13(19)11(14)10(7-16-17)18-5-2-3-9(8-18)12-15-4-6-20-12/h4,6-7,9H,2-3,5,8H2,1H3. The highest BCUT2D eigenvalue weighted by molar-refractivity contribution is 9.10. The van der Waals surface area contributed by atoms with E-state index in [1.807, 2.05) is 11.6 Å². The molecule has 0 radical (unpaired) electrons. The molecular formula is C13H15BrN4OS. The lowest BCUT2D eigenvalue weighted by Gasteiger charge is -2.33. The normalized spacial score (nSPS) is 19.3. The zero-order valence-electron chi connectivity index (χ0n) is 11.1. The van der Waals surface area contributed by atoms with Gasteiger partial charge in [0.15, 0.2) is 0 Å². The van der Waals surface area contributed by atoms with E-state index in [9.17, 15) is 4.79 Å². The van der Waals surface area contributed by atoms with Crippen LogP contribution in [0.15, 0.2) is 27.0 Å². The van der Waals surface area contributed by atoms with E-state index in [0.717, 1.165) is 31.6 Å². The van der Waals surface area contributed by atoms with E-state index in [2.05, 4.69) is 30.9 Å². The molecule has 106 valence electrons. The van der Waals surface area contributed by atoms with Crippen molar-refractivity contribution >= 4 is 33.0 Å². The van der Waals surface area contributed by atoms with E-state index in [1.54, 1.807) is 24.6 Å². The van der Waals surface area contributed by atoms with Gasteiger partial charge in [0.2, 0.25) is 0 Å². The number of nitrogens with zero attached hydrogens (tertiary/aromatic N) is 4. The van der Waals surface area contributed by atoms with Gasteiger partial charge in [-0.3, -0.25) is 4.79 Å². The van der Waals surface area contributed by atoms with Gasteiger partial charge in [-0.15, -0.1) is 11.3 Å². The largest absolute Gasteiger partial charge is 0.368 e. The molecule has 20 heavy (non-hydrogen) atoms. The summed E-state index contributed by atoms with van der Waals surface area (Å²) < 4.78 is 1.94. The highest BCUT2D eigenvalue weighted by Gasteiger charge is 2.25. The summed E-state index contributed by atoms with van der Waals surface area (Å²) >= 11 is 5.11. The van der Waals surface area contributed by atoms with Crippen LogP contribution in [0.25, 0.3) is 0 Å². The van der Waals surface area contributed by atoms with Crippen molar-refractivity contribution in [1.82, 2.24) is 14.8 Å². The molecule has 0 amide bonds. The molecule has 1 aliphatic heterocycles. The summed E-state index contributed by atoms with van der Waals surface area (Å²) in [5, 5.41) is 7.32. The molecule has 0 aromatic carbocycles. The van der Waals surface area contributed by atoms with E-state index < -0.39 is 0 Å². The molecule has 3 rings (SSSR count). The van der Waals surface area contributed by atoms with Gasteiger partial charge in [0.1, 0.15) is 4.47 Å². The predicted molar refractivity (Wildman–Crippen MR) is 83.5 cm³/mol. The Kier molecular flexibility index (Phi) is 3.89. The van der Waals surface area contributed by atoms with Crippen LogP contribution in [0.1, 0.15) is 23.8 Å². The van der Waals surface area contributed by atoms with Crippen LogP contribution in [0.4, 0.5) is 5.69 Å². The van der Waals surface area contributed by atoms with Gasteiger partial charge in [0, 0.05) is 37.6 Å². The quantitative estimate of drug-likeness (QED) is 0.830. The van der Waals surface area contributed by atoms with Gasteiger partial charge >= 0.3 is 0 Å². The fourth-order valence-electron chi connectivity index (χ4n) is 2.56. The molecule has 0 bridgehead atoms. The Labute approximate surface area is 129 Å². The lowest BCUT2D eigenvalue weighted by atomic mass is 9.98. The number of piperidine rings is 1. The van der Waals surface area contributed by atoms with Crippen molar-refractivity contribution in [2.24, 2.45) is 7.05 Å². The minimum atomic E-state index is -0.0983. The lowest BCUT2D eigenvalue weighted by Crippen LogP contribution is -2.36. The van der Waals surface area contributed by atoms with Crippen molar-refractivity contribution in [3.8, 4) is 0 Å². The molecule has 1 fully saturated rings. The number of anilines is 1. The van der Waals surface area contributed by atoms with E-state index in [1.165, 1.54) is 9.69 Å². The van der Waals surface area contributed by atoms with Gasteiger partial charge in [-0.05, 0) is 28.8 Å². The second kappa shape index (κ2) is 5.65. The zero-order valence-corrected chi connectivity index (χ0v) is 13.5. The third-order valence-corrected chi connectivity index (χ3v) is 5.31. The zero-order chi connectivity index (χ0) is 14.1. The monoisotopic (exact) mass is 354 g/mol. The lowest BCUT2D eigenvalue weighted by molar-refractivity contribution is 0.506. The SMILES string of the molecule is Cn1ncc(N2CCCC(c3nccs3)C2)c(Br)c1=O. The summed E-state index contributed by atoms with van der Waals surface area (Å²) in [4.78, 5) is 18.6. The molecule has 0 N–H and O–H groups in total. The Bertz CT molecular complexity index is 655. The van der Waals surface area contributed by atoms with Gasteiger partial charge < -0.3 is 4.90 Å². The number of rotatable bonds is 2. The molecule has 1 unspecified atom stereocenters. The smallest absolute Gasteiger partial charge is 0.282 e. The summed E-state index contributed by atoms with van der Waals surface area (Å²) in [6.45, 7) is 1.84. The summed E-state index contributed by atoms with van der Waals surface area (Å²) in [5.41, 5.74) is 0.785. The maximum atomic E-state index is 12.0. The molecule has 3 heterocycles. The highest BCUT2D eigenvalue weighted by Crippen LogP contribution is 2.32. The summed E-state index contributed by atoms with van der Waals surface area (Å²) in [7, 11) is 1.66. The molecule has 1 saturated heterocycles. The minimum Gasteiger partial charge on any atom is -0.368 e. The first-order valence-electron chi connectivity index (χ1n) is 6.53. The molecule has 2 aromatic heterocycles. The van der Waals surface area contributed by atoms with E-state index in [0.29, 0.717) is 10.4 Å². The van der Waals surface area contributed by atoms with Crippen LogP contribution in [-0.4, -0.2) is 27.9 Å². The Hall–Kier alpha value is -1.21. The van der Waals surface area contributed by atoms with Crippen LogP contribution in [0.3, 0.4) is 0 Å². The maximum Gasteiger partial charge on any atom is 0.282 e. The van der Waals surface area contributed by atoms with Crippen LogP contribution < -0.4 is 10.5 Å². The Morgan fingerprint density at radius 3 is 3.10 bits per heavy atom. The van der Waals surface area contributed by atoms with Crippen LogP contribution in [0, 0.1) is 0 Å². The molecule has 0 saturated carbocycles. The Balaban J connectivity index is 1.87. The minimum absolute atomic E-state index is 0.0983. The first-order valence-corrected chi connectivity index (χ1v) is 8.20. The van der Waals surface area contributed by atoms with Crippen LogP contribution in [-0.2, 0) is 7.05 Å². The van der Waals surface area contributed by atoms with E-state index in [-0.39, 0.29) is 5.56 Å². The Morgan fingerprint density at radius 1 is 1.50 bits per heavy atom. The molecule has 0 spiro atoms. The molecule has 2 aromatic rings.